The second kappa shape index (κ2) is 6.78. The Labute approximate surface area is 129 Å². The summed E-state index contributed by atoms with van der Waals surface area (Å²) in [7, 11) is 2.11. The van der Waals surface area contributed by atoms with Gasteiger partial charge in [0.15, 0.2) is 11.5 Å². The minimum Gasteiger partial charge on any atom is -0.486 e. The molecule has 0 bridgehead atoms. The van der Waals surface area contributed by atoms with Gasteiger partial charge in [0.2, 0.25) is 0 Å². The van der Waals surface area contributed by atoms with Crippen molar-refractivity contribution in [3.05, 3.63) is 22.2 Å². The lowest BCUT2D eigenvalue weighted by molar-refractivity contribution is 0.169. The van der Waals surface area contributed by atoms with Crippen LogP contribution in [0.3, 0.4) is 0 Å². The van der Waals surface area contributed by atoms with Crippen LogP contribution < -0.4 is 15.2 Å². The highest BCUT2D eigenvalue weighted by Gasteiger charge is 2.22. The average molecular weight is 343 g/mol. The number of benzene rings is 1. The summed E-state index contributed by atoms with van der Waals surface area (Å²) in [6.45, 7) is 7.20. The van der Waals surface area contributed by atoms with Crippen molar-refractivity contribution in [2.45, 2.75) is 19.9 Å². The summed E-state index contributed by atoms with van der Waals surface area (Å²) in [4.78, 5) is 2.29. The standard InChI is InChI=1S/C15H23BrN2O2/c1-10(2)9-18(3)13(8-17)11-6-12(16)15-14(7-11)19-4-5-20-15/h6-7,10,13H,4-5,8-9,17H2,1-3H3. The van der Waals surface area contributed by atoms with Crippen LogP contribution in [-0.4, -0.2) is 38.3 Å². The average Bonchev–Trinajstić information content (AvgIpc) is 2.38. The lowest BCUT2D eigenvalue weighted by atomic mass is 10.0. The SMILES string of the molecule is CC(C)CN(C)C(CN)c1cc(Br)c2c(c1)OCCO2. The Morgan fingerprint density at radius 3 is 2.65 bits per heavy atom. The third kappa shape index (κ3) is 3.45. The number of fused-ring (bicyclic) bond motifs is 1. The van der Waals surface area contributed by atoms with E-state index in [-0.39, 0.29) is 6.04 Å². The molecule has 5 heteroatoms. The van der Waals surface area contributed by atoms with Crippen LogP contribution in [0, 0.1) is 5.92 Å². The molecular formula is C15H23BrN2O2. The smallest absolute Gasteiger partial charge is 0.175 e. The molecule has 0 amide bonds. The first-order chi connectivity index (χ1) is 9.52. The molecule has 0 fully saturated rings. The van der Waals surface area contributed by atoms with Crippen molar-refractivity contribution in [1.82, 2.24) is 4.90 Å². The molecule has 4 nitrogen and oxygen atoms in total. The molecule has 2 N–H and O–H groups in total. The monoisotopic (exact) mass is 342 g/mol. The minimum atomic E-state index is 0.185. The fourth-order valence-electron chi connectivity index (χ4n) is 2.60. The molecule has 1 aromatic rings. The lowest BCUT2D eigenvalue weighted by Crippen LogP contribution is -2.33. The van der Waals surface area contributed by atoms with Crippen molar-refractivity contribution in [2.75, 3.05) is 33.4 Å². The molecule has 112 valence electrons. The zero-order chi connectivity index (χ0) is 14.7. The molecule has 1 unspecified atom stereocenters. The molecule has 0 radical (unpaired) electrons. The van der Waals surface area contributed by atoms with Crippen LogP contribution in [0.2, 0.25) is 0 Å². The predicted molar refractivity (Wildman–Crippen MR) is 84.4 cm³/mol. The van der Waals surface area contributed by atoms with Crippen molar-refractivity contribution in [1.29, 1.82) is 0 Å². The molecule has 1 heterocycles. The number of likely N-dealkylation sites (N-methyl/N-ethyl adjacent to an activating group) is 1. The summed E-state index contributed by atoms with van der Waals surface area (Å²) in [6.07, 6.45) is 0. The van der Waals surface area contributed by atoms with E-state index in [0.29, 0.717) is 25.7 Å². The first-order valence-corrected chi connectivity index (χ1v) is 7.81. The van der Waals surface area contributed by atoms with Gasteiger partial charge >= 0.3 is 0 Å². The van der Waals surface area contributed by atoms with Crippen LogP contribution in [0.15, 0.2) is 16.6 Å². The van der Waals surface area contributed by atoms with Gasteiger partial charge in [-0.05, 0) is 46.6 Å². The van der Waals surface area contributed by atoms with Gasteiger partial charge < -0.3 is 15.2 Å². The maximum Gasteiger partial charge on any atom is 0.175 e. The zero-order valence-corrected chi connectivity index (χ0v) is 13.9. The van der Waals surface area contributed by atoms with Gasteiger partial charge in [0, 0.05) is 19.1 Å². The van der Waals surface area contributed by atoms with Crippen LogP contribution in [-0.2, 0) is 0 Å². The Hall–Kier alpha value is -0.780. The highest BCUT2D eigenvalue weighted by molar-refractivity contribution is 9.10. The number of hydrogen-bond donors (Lipinski definition) is 1. The van der Waals surface area contributed by atoms with Crippen molar-refractivity contribution in [3.8, 4) is 11.5 Å². The Bertz CT molecular complexity index is 465. The van der Waals surface area contributed by atoms with E-state index in [1.165, 1.54) is 0 Å². The third-order valence-electron chi connectivity index (χ3n) is 3.41. The number of hydrogen-bond acceptors (Lipinski definition) is 4. The van der Waals surface area contributed by atoms with Crippen molar-refractivity contribution < 1.29 is 9.47 Å². The molecule has 0 aromatic heterocycles. The van der Waals surface area contributed by atoms with E-state index >= 15 is 0 Å². The quantitative estimate of drug-likeness (QED) is 0.893. The van der Waals surface area contributed by atoms with E-state index in [0.717, 1.165) is 28.1 Å². The van der Waals surface area contributed by atoms with Gasteiger partial charge in [-0.2, -0.15) is 0 Å². The van der Waals surface area contributed by atoms with Crippen LogP contribution in [0.25, 0.3) is 0 Å². The Morgan fingerprint density at radius 2 is 2.00 bits per heavy atom. The maximum absolute atomic E-state index is 5.98. The van der Waals surface area contributed by atoms with Crippen molar-refractivity contribution in [3.63, 3.8) is 0 Å². The van der Waals surface area contributed by atoms with Crippen LogP contribution in [0.4, 0.5) is 0 Å². The van der Waals surface area contributed by atoms with Crippen LogP contribution in [0.5, 0.6) is 11.5 Å². The van der Waals surface area contributed by atoms with E-state index in [9.17, 15) is 0 Å². The number of rotatable bonds is 5. The molecule has 0 aliphatic carbocycles. The van der Waals surface area contributed by atoms with Gasteiger partial charge in [-0.3, -0.25) is 4.90 Å². The molecule has 1 atom stereocenters. The molecule has 1 aromatic carbocycles. The number of ether oxygens (including phenoxy) is 2. The summed E-state index contributed by atoms with van der Waals surface area (Å²) < 4.78 is 12.2. The van der Waals surface area contributed by atoms with Gasteiger partial charge in [-0.25, -0.2) is 0 Å². The lowest BCUT2D eigenvalue weighted by Gasteiger charge is -2.30. The van der Waals surface area contributed by atoms with E-state index in [1.54, 1.807) is 0 Å². The molecule has 1 aliphatic rings. The fourth-order valence-corrected chi connectivity index (χ4v) is 3.17. The first kappa shape index (κ1) is 15.6. The van der Waals surface area contributed by atoms with Gasteiger partial charge in [-0.1, -0.05) is 13.8 Å². The van der Waals surface area contributed by atoms with E-state index in [1.807, 2.05) is 6.07 Å². The summed E-state index contributed by atoms with van der Waals surface area (Å²) in [5, 5.41) is 0. The predicted octanol–water partition coefficient (Wildman–Crippen LogP) is 2.81. The molecular weight excluding hydrogens is 320 g/mol. The summed E-state index contributed by atoms with van der Waals surface area (Å²) >= 11 is 3.57. The Balaban J connectivity index is 2.28. The summed E-state index contributed by atoms with van der Waals surface area (Å²) in [5.41, 5.74) is 7.14. The second-order valence-electron chi connectivity index (χ2n) is 5.61. The van der Waals surface area contributed by atoms with Gasteiger partial charge in [-0.15, -0.1) is 0 Å². The molecule has 20 heavy (non-hydrogen) atoms. The van der Waals surface area contributed by atoms with Crippen LogP contribution >= 0.6 is 15.9 Å². The molecule has 2 rings (SSSR count). The Morgan fingerprint density at radius 1 is 1.30 bits per heavy atom. The largest absolute Gasteiger partial charge is 0.486 e. The number of halogens is 1. The van der Waals surface area contributed by atoms with Crippen molar-refractivity contribution in [2.24, 2.45) is 11.7 Å². The summed E-state index contributed by atoms with van der Waals surface area (Å²) in [5.74, 6) is 2.20. The topological polar surface area (TPSA) is 47.7 Å². The van der Waals surface area contributed by atoms with Crippen molar-refractivity contribution >= 4 is 15.9 Å². The Kier molecular flexibility index (Phi) is 5.29. The van der Waals surface area contributed by atoms with Gasteiger partial charge in [0.05, 0.1) is 4.47 Å². The summed E-state index contributed by atoms with van der Waals surface area (Å²) in [6, 6.07) is 4.32. The van der Waals surface area contributed by atoms with E-state index in [2.05, 4.69) is 47.8 Å². The molecule has 1 aliphatic heterocycles. The number of nitrogens with zero attached hydrogens (tertiary/aromatic N) is 1. The fraction of sp³-hybridized carbons (Fsp3) is 0.600. The first-order valence-electron chi connectivity index (χ1n) is 7.02. The molecule has 0 saturated heterocycles. The van der Waals surface area contributed by atoms with E-state index < -0.39 is 0 Å². The van der Waals surface area contributed by atoms with Gasteiger partial charge in [0.1, 0.15) is 13.2 Å². The highest BCUT2D eigenvalue weighted by atomic mass is 79.9. The molecule has 0 saturated carbocycles. The molecule has 0 spiro atoms. The van der Waals surface area contributed by atoms with Crippen LogP contribution in [0.1, 0.15) is 25.5 Å². The second-order valence-corrected chi connectivity index (χ2v) is 6.47. The maximum atomic E-state index is 5.98. The van der Waals surface area contributed by atoms with E-state index in [4.69, 9.17) is 15.2 Å². The number of nitrogens with two attached hydrogens (primary N) is 1. The minimum absolute atomic E-state index is 0.185. The normalized spacial score (nSPS) is 15.8. The third-order valence-corrected chi connectivity index (χ3v) is 4.00. The zero-order valence-electron chi connectivity index (χ0n) is 12.4. The highest BCUT2D eigenvalue weighted by Crippen LogP contribution is 2.40. The van der Waals surface area contributed by atoms with Gasteiger partial charge in [0.25, 0.3) is 0 Å².